The van der Waals surface area contributed by atoms with Crippen LogP contribution in [0.4, 0.5) is 5.69 Å². The standard InChI is InChI=1S/C12H8ClN5O4/c13-9-2-1-8(18(21)22)5-7(9)6-14-17-12(20)10-3-4-11(19)16-15-10/h1-6H,(H,16,19)(H,17,20)/b14-6-. The summed E-state index contributed by atoms with van der Waals surface area (Å²) in [7, 11) is 0. The molecule has 22 heavy (non-hydrogen) atoms. The van der Waals surface area contributed by atoms with Crippen LogP contribution in [0.1, 0.15) is 16.1 Å². The second kappa shape index (κ2) is 6.59. The van der Waals surface area contributed by atoms with Gasteiger partial charge in [-0.25, -0.2) is 10.5 Å². The van der Waals surface area contributed by atoms with Crippen LogP contribution in [-0.4, -0.2) is 27.2 Å². The minimum atomic E-state index is -0.658. The molecule has 0 radical (unpaired) electrons. The fourth-order valence-electron chi connectivity index (χ4n) is 1.43. The van der Waals surface area contributed by atoms with E-state index < -0.39 is 16.4 Å². The summed E-state index contributed by atoms with van der Waals surface area (Å²) in [6.07, 6.45) is 1.17. The fourth-order valence-corrected chi connectivity index (χ4v) is 1.60. The number of non-ortho nitro benzene ring substituents is 1. The summed E-state index contributed by atoms with van der Waals surface area (Å²) in [5.74, 6) is -0.658. The number of benzene rings is 1. The van der Waals surface area contributed by atoms with Crippen LogP contribution in [0, 0.1) is 10.1 Å². The highest BCUT2D eigenvalue weighted by Gasteiger charge is 2.09. The van der Waals surface area contributed by atoms with E-state index in [0.29, 0.717) is 0 Å². The number of halogens is 1. The van der Waals surface area contributed by atoms with Crippen LogP contribution in [0.2, 0.25) is 5.02 Å². The van der Waals surface area contributed by atoms with Gasteiger partial charge in [0.2, 0.25) is 0 Å². The number of hydrogen-bond donors (Lipinski definition) is 2. The van der Waals surface area contributed by atoms with E-state index in [-0.39, 0.29) is 22.0 Å². The van der Waals surface area contributed by atoms with Crippen molar-refractivity contribution in [3.63, 3.8) is 0 Å². The Hall–Kier alpha value is -3.07. The molecule has 0 aliphatic heterocycles. The number of aromatic amines is 1. The van der Waals surface area contributed by atoms with Crippen molar-refractivity contribution in [1.29, 1.82) is 0 Å². The predicted octanol–water partition coefficient (Wildman–Crippen LogP) is 1.10. The van der Waals surface area contributed by atoms with Crippen LogP contribution in [0.5, 0.6) is 0 Å². The van der Waals surface area contributed by atoms with Gasteiger partial charge in [-0.05, 0) is 12.1 Å². The van der Waals surface area contributed by atoms with E-state index in [1.54, 1.807) is 0 Å². The van der Waals surface area contributed by atoms with Crippen LogP contribution in [0.25, 0.3) is 0 Å². The molecule has 1 amide bonds. The molecule has 1 heterocycles. The lowest BCUT2D eigenvalue weighted by molar-refractivity contribution is -0.384. The van der Waals surface area contributed by atoms with Gasteiger partial charge >= 0.3 is 0 Å². The third-order valence-corrected chi connectivity index (χ3v) is 2.82. The Morgan fingerprint density at radius 2 is 2.18 bits per heavy atom. The SMILES string of the molecule is O=C(N/N=C\c1cc([N+](=O)[O-])ccc1Cl)c1ccc(=O)[nH]n1. The Bertz CT molecular complexity index is 797. The number of amides is 1. The van der Waals surface area contributed by atoms with E-state index >= 15 is 0 Å². The van der Waals surface area contributed by atoms with E-state index in [1.807, 2.05) is 0 Å². The largest absolute Gasteiger partial charge is 0.291 e. The van der Waals surface area contributed by atoms with Gasteiger partial charge in [-0.15, -0.1) is 0 Å². The minimum Gasteiger partial charge on any atom is -0.268 e. The highest BCUT2D eigenvalue weighted by atomic mass is 35.5. The summed E-state index contributed by atoms with van der Waals surface area (Å²) in [6, 6.07) is 6.19. The molecule has 2 aromatic rings. The zero-order valence-electron chi connectivity index (χ0n) is 10.8. The lowest BCUT2D eigenvalue weighted by Gasteiger charge is -1.99. The molecular formula is C12H8ClN5O4. The highest BCUT2D eigenvalue weighted by Crippen LogP contribution is 2.20. The normalized spacial score (nSPS) is 10.6. The van der Waals surface area contributed by atoms with Gasteiger partial charge in [0, 0.05) is 28.8 Å². The van der Waals surface area contributed by atoms with Crippen LogP contribution in [-0.2, 0) is 0 Å². The molecule has 1 aromatic heterocycles. The van der Waals surface area contributed by atoms with Crippen molar-refractivity contribution in [3.05, 3.63) is 67.1 Å². The number of H-pyrrole nitrogens is 1. The van der Waals surface area contributed by atoms with Crippen molar-refractivity contribution < 1.29 is 9.72 Å². The van der Waals surface area contributed by atoms with Crippen LogP contribution in [0.3, 0.4) is 0 Å². The summed E-state index contributed by atoms with van der Waals surface area (Å²) < 4.78 is 0. The Morgan fingerprint density at radius 3 is 2.82 bits per heavy atom. The lowest BCUT2D eigenvalue weighted by Crippen LogP contribution is -2.21. The zero-order chi connectivity index (χ0) is 16.1. The van der Waals surface area contributed by atoms with Gasteiger partial charge in [-0.1, -0.05) is 11.6 Å². The number of hydrazone groups is 1. The topological polar surface area (TPSA) is 130 Å². The van der Waals surface area contributed by atoms with Gasteiger partial charge < -0.3 is 0 Å². The summed E-state index contributed by atoms with van der Waals surface area (Å²) in [5, 5.41) is 20.2. The monoisotopic (exact) mass is 321 g/mol. The highest BCUT2D eigenvalue weighted by molar-refractivity contribution is 6.33. The molecule has 1 aromatic carbocycles. The number of nitrogens with zero attached hydrogens (tertiary/aromatic N) is 3. The van der Waals surface area contributed by atoms with Crippen molar-refractivity contribution in [3.8, 4) is 0 Å². The van der Waals surface area contributed by atoms with Crippen molar-refractivity contribution in [2.45, 2.75) is 0 Å². The van der Waals surface area contributed by atoms with Gasteiger partial charge in [-0.3, -0.25) is 19.7 Å². The molecule has 0 bridgehead atoms. The number of hydrogen-bond acceptors (Lipinski definition) is 6. The predicted molar refractivity (Wildman–Crippen MR) is 78.0 cm³/mol. The third-order valence-electron chi connectivity index (χ3n) is 2.47. The Kier molecular flexibility index (Phi) is 4.59. The lowest BCUT2D eigenvalue weighted by atomic mass is 10.2. The number of nitro benzene ring substituents is 1. The van der Waals surface area contributed by atoms with E-state index in [0.717, 1.165) is 6.07 Å². The van der Waals surface area contributed by atoms with Gasteiger partial charge in [0.15, 0.2) is 5.69 Å². The zero-order valence-corrected chi connectivity index (χ0v) is 11.6. The first-order chi connectivity index (χ1) is 10.5. The number of carbonyl (C=O) groups excluding carboxylic acids is 1. The molecule has 0 atom stereocenters. The van der Waals surface area contributed by atoms with Crippen molar-refractivity contribution in [2.24, 2.45) is 5.10 Å². The first kappa shape index (κ1) is 15.3. The molecule has 0 saturated carbocycles. The van der Waals surface area contributed by atoms with Crippen LogP contribution < -0.4 is 11.0 Å². The molecule has 0 saturated heterocycles. The van der Waals surface area contributed by atoms with E-state index in [9.17, 15) is 19.7 Å². The van der Waals surface area contributed by atoms with Gasteiger partial charge in [-0.2, -0.15) is 10.2 Å². The van der Waals surface area contributed by atoms with E-state index in [1.165, 1.54) is 30.5 Å². The molecule has 2 N–H and O–H groups in total. The van der Waals surface area contributed by atoms with Crippen LogP contribution >= 0.6 is 11.6 Å². The Balaban J connectivity index is 2.10. The fraction of sp³-hybridized carbons (Fsp3) is 0. The first-order valence-electron chi connectivity index (χ1n) is 5.80. The number of rotatable bonds is 4. The minimum absolute atomic E-state index is 0.0399. The number of nitrogens with one attached hydrogen (secondary N) is 2. The number of aromatic nitrogens is 2. The summed E-state index contributed by atoms with van der Waals surface area (Å²) >= 11 is 5.87. The average molecular weight is 322 g/mol. The second-order valence-electron chi connectivity index (χ2n) is 3.97. The summed E-state index contributed by atoms with van der Waals surface area (Å²) in [4.78, 5) is 32.6. The van der Waals surface area contributed by atoms with E-state index in [2.05, 4.69) is 20.7 Å². The molecule has 0 spiro atoms. The maximum absolute atomic E-state index is 11.7. The summed E-state index contributed by atoms with van der Waals surface area (Å²) in [6.45, 7) is 0. The average Bonchev–Trinajstić information content (AvgIpc) is 2.49. The Labute approximate surface area is 127 Å². The second-order valence-corrected chi connectivity index (χ2v) is 4.38. The van der Waals surface area contributed by atoms with Gasteiger partial charge in [0.1, 0.15) is 0 Å². The number of carbonyl (C=O) groups is 1. The smallest absolute Gasteiger partial charge is 0.268 e. The van der Waals surface area contributed by atoms with Crippen molar-refractivity contribution >= 4 is 29.4 Å². The van der Waals surface area contributed by atoms with Gasteiger partial charge in [0.25, 0.3) is 17.2 Å². The molecule has 2 rings (SSSR count). The molecule has 0 unspecified atom stereocenters. The quantitative estimate of drug-likeness (QED) is 0.494. The number of nitro groups is 1. The molecule has 0 aliphatic rings. The van der Waals surface area contributed by atoms with E-state index in [4.69, 9.17) is 11.6 Å². The maximum atomic E-state index is 11.7. The molecular weight excluding hydrogens is 314 g/mol. The molecule has 0 aliphatic carbocycles. The molecule has 112 valence electrons. The Morgan fingerprint density at radius 1 is 1.41 bits per heavy atom. The summed E-state index contributed by atoms with van der Waals surface area (Å²) in [5.41, 5.74) is 1.79. The van der Waals surface area contributed by atoms with Crippen molar-refractivity contribution in [1.82, 2.24) is 15.6 Å². The van der Waals surface area contributed by atoms with Gasteiger partial charge in [0.05, 0.1) is 11.1 Å². The first-order valence-corrected chi connectivity index (χ1v) is 6.18. The third kappa shape index (κ3) is 3.73. The molecule has 0 fully saturated rings. The molecule has 10 heteroatoms. The van der Waals surface area contributed by atoms with Crippen LogP contribution in [0.15, 0.2) is 40.2 Å². The molecule has 9 nitrogen and oxygen atoms in total. The van der Waals surface area contributed by atoms with Crippen molar-refractivity contribution in [2.75, 3.05) is 0 Å². The maximum Gasteiger partial charge on any atom is 0.291 e.